The van der Waals surface area contributed by atoms with Gasteiger partial charge in [0.1, 0.15) is 17.7 Å². The van der Waals surface area contributed by atoms with Crippen molar-refractivity contribution in [2.75, 3.05) is 20.0 Å². The van der Waals surface area contributed by atoms with Crippen LogP contribution in [0.1, 0.15) is 34.9 Å². The molecule has 1 aromatic heterocycles. The van der Waals surface area contributed by atoms with Crippen LogP contribution in [0.15, 0.2) is 94.6 Å². The molecule has 2 heterocycles. The van der Waals surface area contributed by atoms with Crippen molar-refractivity contribution < 1.29 is 23.6 Å². The molecule has 1 fully saturated rings. The van der Waals surface area contributed by atoms with Crippen LogP contribution in [0.4, 0.5) is 0 Å². The Morgan fingerprint density at radius 3 is 2.07 bits per heavy atom. The highest BCUT2D eigenvalue weighted by Crippen LogP contribution is 2.50. The number of nitrogens with zero attached hydrogens (tertiary/aromatic N) is 1. The van der Waals surface area contributed by atoms with E-state index in [9.17, 15) is 14.5 Å². The minimum atomic E-state index is -2.19. The first kappa shape index (κ1) is 31.0. The second-order valence-electron chi connectivity index (χ2n) is 10.1. The fourth-order valence-electron chi connectivity index (χ4n) is 5.35. The van der Waals surface area contributed by atoms with Crippen LogP contribution >= 0.6 is 20.3 Å². The molecule has 0 saturated carbocycles. The van der Waals surface area contributed by atoms with Gasteiger partial charge in [0.05, 0.1) is 31.2 Å². The van der Waals surface area contributed by atoms with Crippen LogP contribution < -0.4 is 26.2 Å². The van der Waals surface area contributed by atoms with Gasteiger partial charge in [0.15, 0.2) is 0 Å². The Labute approximate surface area is 254 Å². The Morgan fingerprint density at radius 2 is 1.53 bits per heavy atom. The number of aromatic nitrogens is 2. The Hall–Kier alpha value is -3.44. The van der Waals surface area contributed by atoms with Crippen LogP contribution in [-0.2, 0) is 14.0 Å². The summed E-state index contributed by atoms with van der Waals surface area (Å²) < 4.78 is 23.7. The lowest BCUT2D eigenvalue weighted by Gasteiger charge is -2.36. The molecule has 226 valence electrons. The van der Waals surface area contributed by atoms with Crippen molar-refractivity contribution in [3.05, 3.63) is 128 Å². The third-order valence-electron chi connectivity index (χ3n) is 7.52. The summed E-state index contributed by atoms with van der Waals surface area (Å²) in [4.78, 5) is 37.0. The Bertz CT molecular complexity index is 1580. The van der Waals surface area contributed by atoms with Crippen molar-refractivity contribution in [3.8, 4) is 11.5 Å². The molecule has 0 spiro atoms. The van der Waals surface area contributed by atoms with Gasteiger partial charge in [-0.3, -0.25) is 19.8 Å². The van der Waals surface area contributed by atoms with Crippen LogP contribution in [0.5, 0.6) is 11.5 Å². The molecule has 12 heteroatoms. The highest BCUT2D eigenvalue weighted by Gasteiger charge is 2.43. The maximum Gasteiger partial charge on any atom is 0.330 e. The third kappa shape index (κ3) is 6.57. The molecule has 0 bridgehead atoms. The molecule has 5 rings (SSSR count). The number of aryl methyl sites for hydroxylation is 1. The molecule has 1 aliphatic heterocycles. The fourth-order valence-corrected chi connectivity index (χ4v) is 7.47. The van der Waals surface area contributed by atoms with Crippen LogP contribution in [0.3, 0.4) is 0 Å². The van der Waals surface area contributed by atoms with E-state index >= 15 is 0 Å². The van der Waals surface area contributed by atoms with E-state index in [4.69, 9.17) is 24.2 Å². The second kappa shape index (κ2) is 13.5. The lowest BCUT2D eigenvalue weighted by Crippen LogP contribution is -2.33. The van der Waals surface area contributed by atoms with E-state index in [-0.39, 0.29) is 6.42 Å². The number of methoxy groups -OCH3 is 2. The predicted molar refractivity (Wildman–Crippen MR) is 168 cm³/mol. The van der Waals surface area contributed by atoms with Gasteiger partial charge in [-0.05, 0) is 47.9 Å². The second-order valence-corrected chi connectivity index (χ2v) is 12.2. The first-order valence-corrected chi connectivity index (χ1v) is 15.9. The molecule has 4 aromatic rings. The van der Waals surface area contributed by atoms with Gasteiger partial charge in [-0.1, -0.05) is 54.6 Å². The number of aromatic amines is 1. The number of nitrogens with one attached hydrogen (secondary N) is 1. The van der Waals surface area contributed by atoms with Gasteiger partial charge in [0.2, 0.25) is 8.53 Å². The lowest BCUT2D eigenvalue weighted by atomic mass is 9.84. The molecule has 1 saturated heterocycles. The van der Waals surface area contributed by atoms with Gasteiger partial charge in [0, 0.05) is 23.9 Å². The number of hydrogen-bond acceptors (Lipinski definition) is 9. The van der Waals surface area contributed by atoms with Crippen LogP contribution in [0.2, 0.25) is 0 Å². The average Bonchev–Trinajstić information content (AvgIpc) is 3.41. The van der Waals surface area contributed by atoms with E-state index in [1.165, 1.54) is 10.8 Å². The molecule has 0 radical (unpaired) electrons. The minimum Gasteiger partial charge on any atom is -0.497 e. The first-order chi connectivity index (χ1) is 20.7. The summed E-state index contributed by atoms with van der Waals surface area (Å²) in [6.45, 7) is 1.62. The van der Waals surface area contributed by atoms with Crippen LogP contribution in [0, 0.1) is 6.92 Å². The number of thioether (sulfide) groups is 1. The van der Waals surface area contributed by atoms with E-state index in [2.05, 4.69) is 17.1 Å². The van der Waals surface area contributed by atoms with E-state index < -0.39 is 43.0 Å². The average molecular weight is 624 g/mol. The van der Waals surface area contributed by atoms with E-state index in [1.807, 2.05) is 66.7 Å². The van der Waals surface area contributed by atoms with Crippen molar-refractivity contribution in [2.24, 2.45) is 5.50 Å². The molecule has 4 N–H and O–H groups in total. The number of H-pyrrole nitrogens is 1. The summed E-state index contributed by atoms with van der Waals surface area (Å²) >= 11 is 1.64. The predicted octanol–water partition coefficient (Wildman–Crippen LogP) is 4.44. The molecule has 0 unspecified atom stereocenters. The maximum atomic E-state index is 12.7. The third-order valence-corrected chi connectivity index (χ3v) is 9.64. The Kier molecular flexibility index (Phi) is 9.71. The summed E-state index contributed by atoms with van der Waals surface area (Å²) in [7, 11) is 1.08. The molecule has 43 heavy (non-hydrogen) atoms. The first-order valence-electron chi connectivity index (χ1n) is 13.6. The van der Waals surface area contributed by atoms with Crippen molar-refractivity contribution in [2.45, 2.75) is 36.5 Å². The maximum absolute atomic E-state index is 12.7. The molecule has 10 nitrogen and oxygen atoms in total. The van der Waals surface area contributed by atoms with Crippen molar-refractivity contribution in [1.82, 2.24) is 9.55 Å². The van der Waals surface area contributed by atoms with E-state index in [0.717, 1.165) is 28.2 Å². The van der Waals surface area contributed by atoms with Crippen LogP contribution in [0.25, 0.3) is 0 Å². The number of nitrogens with two attached hydrogens (primary N) is 1. The summed E-state index contributed by atoms with van der Waals surface area (Å²) in [5.74, 6) is 1.89. The quantitative estimate of drug-likeness (QED) is 0.164. The highest BCUT2D eigenvalue weighted by atomic mass is 32.2. The number of ether oxygens (including phenoxy) is 3. The Morgan fingerprint density at radius 1 is 0.977 bits per heavy atom. The molecular formula is C31H34N3O7PS. The molecule has 3 aromatic carbocycles. The smallest absolute Gasteiger partial charge is 0.330 e. The SMILES string of the molecule is COc1ccc(C(SC[C@H]2O[C@@H](n3cc(C)c(=O)[nH]c3=O)C[C@@H]2O[P@@](N)O)(c2ccccc2)c2ccc(OC)cc2)cc1. The van der Waals surface area contributed by atoms with E-state index in [1.54, 1.807) is 32.9 Å². The zero-order valence-corrected chi connectivity index (χ0v) is 25.7. The van der Waals surface area contributed by atoms with Crippen molar-refractivity contribution >= 4 is 20.3 Å². The largest absolute Gasteiger partial charge is 0.497 e. The summed E-state index contributed by atoms with van der Waals surface area (Å²) in [6, 6.07) is 26.1. The molecule has 0 amide bonds. The molecular weight excluding hydrogens is 589 g/mol. The molecule has 1 aliphatic rings. The minimum absolute atomic E-state index is 0.261. The van der Waals surface area contributed by atoms with Crippen molar-refractivity contribution in [3.63, 3.8) is 0 Å². The topological polar surface area (TPSA) is 138 Å². The van der Waals surface area contributed by atoms with Gasteiger partial charge in [-0.25, -0.2) is 4.79 Å². The standard InChI is InChI=1S/C31H34N3O7PS/c1-20-18-34(30(36)33-29(20)35)28-17-26(41-42(32)37)27(40-28)19-43-31(21-7-5-4-6-8-21,22-9-13-24(38-2)14-10-22)23-11-15-25(39-3)16-12-23/h4-16,18,26-28,37H,17,19,32H2,1-3H3,(H,33,35,36)/t26-,27+,28+,42-/m0/s1. The monoisotopic (exact) mass is 623 g/mol. The molecule has 4 atom stereocenters. The summed E-state index contributed by atoms with van der Waals surface area (Å²) in [6.07, 6.45) is -0.128. The van der Waals surface area contributed by atoms with Gasteiger partial charge >= 0.3 is 5.69 Å². The van der Waals surface area contributed by atoms with Gasteiger partial charge < -0.3 is 23.6 Å². The lowest BCUT2D eigenvalue weighted by molar-refractivity contribution is -0.00410. The number of hydrogen-bond donors (Lipinski definition) is 3. The van der Waals surface area contributed by atoms with Gasteiger partial charge in [-0.2, -0.15) is 0 Å². The van der Waals surface area contributed by atoms with Gasteiger partial charge in [-0.15, -0.1) is 11.8 Å². The molecule has 0 aliphatic carbocycles. The Balaban J connectivity index is 1.57. The van der Waals surface area contributed by atoms with E-state index in [0.29, 0.717) is 11.3 Å². The van der Waals surface area contributed by atoms with Crippen molar-refractivity contribution in [1.29, 1.82) is 0 Å². The highest BCUT2D eigenvalue weighted by molar-refractivity contribution is 8.00. The number of rotatable bonds is 11. The normalized spacial score (nSPS) is 19.2. The fraction of sp³-hybridized carbons (Fsp3) is 0.290. The number of benzene rings is 3. The zero-order valence-electron chi connectivity index (χ0n) is 24.0. The van der Waals surface area contributed by atoms with Gasteiger partial charge in [0.25, 0.3) is 5.56 Å². The van der Waals surface area contributed by atoms with Crippen LogP contribution in [-0.4, -0.2) is 46.6 Å². The summed E-state index contributed by atoms with van der Waals surface area (Å²) in [5, 5.41) is 0. The summed E-state index contributed by atoms with van der Waals surface area (Å²) in [5.41, 5.74) is 8.11. The zero-order chi connectivity index (χ0) is 30.6.